The molecule has 0 aromatic heterocycles. The lowest BCUT2D eigenvalue weighted by molar-refractivity contribution is -0.300. The Morgan fingerprint density at radius 3 is 1.88 bits per heavy atom. The summed E-state index contributed by atoms with van der Waals surface area (Å²) in [6.45, 7) is 13.5. The van der Waals surface area contributed by atoms with Gasteiger partial charge in [0.25, 0.3) is 0 Å². The molecule has 7 aliphatic rings. The van der Waals surface area contributed by atoms with E-state index in [1.807, 2.05) is 20.8 Å². The van der Waals surface area contributed by atoms with Crippen molar-refractivity contribution in [3.8, 4) is 0 Å². The molecule has 3 N–H and O–H groups in total. The van der Waals surface area contributed by atoms with E-state index < -0.39 is 136 Å². The lowest BCUT2D eigenvalue weighted by Gasteiger charge is -2.66. The standard InChI is InChI=1S/C36H48O14/c1-12-10-19-35(8,36(9,44)32(43)50-19)24-21(12)34(7)22(28(24)45-13(2)37)20-23(29(46-14(3)38)31(34)48-16(5)40)33(6)17(25(41)26(20)42)11-18-27(49-18)30(33)47-15(4)39/h10,12,17-18,20-31,41-42,44H,11H2,1-9H3/t12-,17-,18+,20+,21+,22-,23-,24+,25+,26-,27+,28-,29+,30+,31+,33+,34-,35+,36-/m1/s1. The Hall–Kier alpha value is -3.07. The van der Waals surface area contributed by atoms with Crippen LogP contribution in [0.15, 0.2) is 11.8 Å². The Labute approximate surface area is 290 Å². The Balaban J connectivity index is 1.53. The number of ether oxygens (including phenoxy) is 6. The van der Waals surface area contributed by atoms with E-state index >= 15 is 0 Å². The highest BCUT2D eigenvalue weighted by Crippen LogP contribution is 2.76. The molecule has 0 radical (unpaired) electrons. The van der Waals surface area contributed by atoms with E-state index in [1.54, 1.807) is 13.0 Å². The third kappa shape index (κ3) is 4.30. The number of aliphatic hydroxyl groups excluding tert-OH is 2. The van der Waals surface area contributed by atoms with Gasteiger partial charge in [0.2, 0.25) is 0 Å². The molecule has 14 heteroatoms. The van der Waals surface area contributed by atoms with Crippen molar-refractivity contribution in [2.45, 2.75) is 123 Å². The average Bonchev–Trinajstić information content (AvgIpc) is 3.68. The Morgan fingerprint density at radius 1 is 0.760 bits per heavy atom. The van der Waals surface area contributed by atoms with Gasteiger partial charge in [0, 0.05) is 62.2 Å². The molecule has 0 unspecified atom stereocenters. The van der Waals surface area contributed by atoms with Crippen LogP contribution in [0.4, 0.5) is 0 Å². The van der Waals surface area contributed by atoms with Gasteiger partial charge in [0.15, 0.2) is 5.60 Å². The molecule has 50 heavy (non-hydrogen) atoms. The first kappa shape index (κ1) is 35.3. The summed E-state index contributed by atoms with van der Waals surface area (Å²) in [5, 5.41) is 36.4. The van der Waals surface area contributed by atoms with Crippen LogP contribution < -0.4 is 0 Å². The number of rotatable bonds is 4. The quantitative estimate of drug-likeness (QED) is 0.214. The summed E-state index contributed by atoms with van der Waals surface area (Å²) in [5.74, 6) is -8.80. The molecule has 19 atom stereocenters. The molecule has 7 rings (SSSR count). The number of allylic oxidation sites excluding steroid dienone is 1. The lowest BCUT2D eigenvalue weighted by atomic mass is 9.40. The predicted octanol–water partition coefficient (Wildman–Crippen LogP) is 1.20. The maximum absolute atomic E-state index is 13.3. The van der Waals surface area contributed by atoms with Crippen LogP contribution in [0.3, 0.4) is 0 Å². The van der Waals surface area contributed by atoms with Gasteiger partial charge in [-0.3, -0.25) is 19.2 Å². The number of aliphatic hydroxyl groups is 3. The van der Waals surface area contributed by atoms with Crippen molar-refractivity contribution in [1.29, 1.82) is 0 Å². The molecule has 2 saturated heterocycles. The minimum Gasteiger partial charge on any atom is -0.462 e. The van der Waals surface area contributed by atoms with Crippen LogP contribution in [0.2, 0.25) is 0 Å². The van der Waals surface area contributed by atoms with E-state index in [9.17, 15) is 39.3 Å². The smallest absolute Gasteiger partial charge is 0.343 e. The normalized spacial score (nSPS) is 53.8. The summed E-state index contributed by atoms with van der Waals surface area (Å²) in [4.78, 5) is 65.2. The number of hydrogen-bond acceptors (Lipinski definition) is 14. The van der Waals surface area contributed by atoms with Gasteiger partial charge in [-0.1, -0.05) is 20.8 Å². The van der Waals surface area contributed by atoms with Crippen molar-refractivity contribution in [2.75, 3.05) is 0 Å². The van der Waals surface area contributed by atoms with Gasteiger partial charge in [-0.25, -0.2) is 4.79 Å². The van der Waals surface area contributed by atoms with E-state index in [0.29, 0.717) is 6.42 Å². The fourth-order valence-corrected chi connectivity index (χ4v) is 12.5. The Kier molecular flexibility index (Phi) is 7.75. The van der Waals surface area contributed by atoms with Gasteiger partial charge < -0.3 is 43.7 Å². The predicted molar refractivity (Wildman–Crippen MR) is 167 cm³/mol. The zero-order valence-corrected chi connectivity index (χ0v) is 29.8. The molecule has 0 spiro atoms. The van der Waals surface area contributed by atoms with Crippen LogP contribution in [0.1, 0.15) is 68.7 Å². The van der Waals surface area contributed by atoms with Crippen LogP contribution in [-0.2, 0) is 52.4 Å². The highest BCUT2D eigenvalue weighted by molar-refractivity contribution is 5.85. The highest BCUT2D eigenvalue weighted by atomic mass is 16.6. The second kappa shape index (κ2) is 11.0. The van der Waals surface area contributed by atoms with Gasteiger partial charge in [0.05, 0.1) is 23.7 Å². The van der Waals surface area contributed by atoms with Crippen LogP contribution in [-0.4, -0.2) is 99.6 Å². The van der Waals surface area contributed by atoms with E-state index in [-0.39, 0.29) is 11.9 Å². The molecule has 4 saturated carbocycles. The van der Waals surface area contributed by atoms with Gasteiger partial charge in [-0.15, -0.1) is 0 Å². The lowest BCUT2D eigenvalue weighted by Crippen LogP contribution is -2.75. The molecule has 5 aliphatic carbocycles. The van der Waals surface area contributed by atoms with Crippen molar-refractivity contribution in [3.05, 3.63) is 11.8 Å². The van der Waals surface area contributed by atoms with Crippen molar-refractivity contribution in [3.63, 3.8) is 0 Å². The van der Waals surface area contributed by atoms with Gasteiger partial charge >= 0.3 is 29.8 Å². The van der Waals surface area contributed by atoms with Gasteiger partial charge in [-0.2, -0.15) is 0 Å². The molecule has 276 valence electrons. The molecule has 0 aromatic carbocycles. The van der Waals surface area contributed by atoms with Crippen LogP contribution in [0, 0.1) is 57.7 Å². The van der Waals surface area contributed by atoms with Gasteiger partial charge in [0.1, 0.15) is 36.3 Å². The number of carbonyl (C=O) groups is 5. The summed E-state index contributed by atoms with van der Waals surface area (Å²) in [5.41, 5.74) is -6.05. The summed E-state index contributed by atoms with van der Waals surface area (Å²) < 4.78 is 36.4. The molecular weight excluding hydrogens is 656 g/mol. The van der Waals surface area contributed by atoms with Crippen molar-refractivity contribution >= 4 is 29.8 Å². The third-order valence-corrected chi connectivity index (χ3v) is 14.3. The molecule has 14 nitrogen and oxygen atoms in total. The van der Waals surface area contributed by atoms with E-state index in [0.717, 1.165) is 0 Å². The second-order valence-corrected chi connectivity index (χ2v) is 16.6. The molecule has 2 heterocycles. The van der Waals surface area contributed by atoms with Crippen LogP contribution in [0.25, 0.3) is 0 Å². The summed E-state index contributed by atoms with van der Waals surface area (Å²) in [7, 11) is 0. The zero-order valence-electron chi connectivity index (χ0n) is 29.8. The fraction of sp³-hybridized carbons (Fsp3) is 0.806. The average molecular weight is 705 g/mol. The highest BCUT2D eigenvalue weighted by Gasteiger charge is 2.83. The number of esters is 5. The number of fused-ring (bicyclic) bond motifs is 10. The minimum absolute atomic E-state index is 0.216. The maximum atomic E-state index is 13.3. The molecule has 6 fully saturated rings. The largest absolute Gasteiger partial charge is 0.462 e. The molecular formula is C36H48O14. The van der Waals surface area contributed by atoms with E-state index in [2.05, 4.69) is 0 Å². The topological polar surface area (TPSA) is 205 Å². The van der Waals surface area contributed by atoms with Crippen LogP contribution in [0.5, 0.6) is 0 Å². The monoisotopic (exact) mass is 704 g/mol. The zero-order chi connectivity index (χ0) is 36.8. The SMILES string of the molecule is CC(=O)O[C@@H]1[C@H]2[C@@H]3[C@@H](O)[C@@H](O)[C@H]4C[C@@H]5O[C@@H]5[C@H](OC(C)=O)[C@]4(C)[C@H]3[C@H](OC(C)=O)[C@H](OC(C)=O)[C@]2(C)[C@@H]2[C@@H]1[C@]1(C)C(=C[C@H]2C)OC(=O)[C@@]1(C)O. The Morgan fingerprint density at radius 2 is 1.30 bits per heavy atom. The van der Waals surface area contributed by atoms with E-state index in [1.165, 1.54) is 34.6 Å². The van der Waals surface area contributed by atoms with Gasteiger partial charge in [-0.05, 0) is 44.1 Å². The summed E-state index contributed by atoms with van der Waals surface area (Å²) >= 11 is 0. The maximum Gasteiger partial charge on any atom is 0.343 e. The molecule has 2 aliphatic heterocycles. The first-order valence-electron chi connectivity index (χ1n) is 17.5. The minimum atomic E-state index is -2.08. The number of carbonyl (C=O) groups excluding carboxylic acids is 5. The first-order valence-corrected chi connectivity index (χ1v) is 17.5. The molecule has 0 amide bonds. The summed E-state index contributed by atoms with van der Waals surface area (Å²) in [6, 6.07) is 0. The number of epoxide rings is 1. The van der Waals surface area contributed by atoms with Crippen molar-refractivity contribution in [2.24, 2.45) is 57.7 Å². The van der Waals surface area contributed by atoms with Crippen molar-refractivity contribution < 1.29 is 67.7 Å². The molecule has 0 aromatic rings. The third-order valence-electron chi connectivity index (χ3n) is 14.3. The van der Waals surface area contributed by atoms with E-state index in [4.69, 9.17) is 28.4 Å². The summed E-state index contributed by atoms with van der Waals surface area (Å²) in [6.07, 6.45) is -6.19. The van der Waals surface area contributed by atoms with Crippen molar-refractivity contribution in [1.82, 2.24) is 0 Å². The molecule has 0 bridgehead atoms. The number of hydrogen-bond donors (Lipinski definition) is 3. The first-order chi connectivity index (χ1) is 23.1. The fourth-order valence-electron chi connectivity index (χ4n) is 12.5. The second-order valence-electron chi connectivity index (χ2n) is 16.6. The van der Waals surface area contributed by atoms with Crippen LogP contribution >= 0.6 is 0 Å². The Bertz CT molecular complexity index is 1570.